The molecule has 38 heavy (non-hydrogen) atoms. The Hall–Kier alpha value is -0.790. The average molecular weight is 532 g/mol. The molecular formula is C36H71N2+. The smallest absolute Gasteiger partial charge is 0.234 e. The first-order chi connectivity index (χ1) is 18.8. The maximum absolute atomic E-state index is 2.62. The Kier molecular flexibility index (Phi) is 25.7. The van der Waals surface area contributed by atoms with Gasteiger partial charge in [0.2, 0.25) is 0 Å². The maximum Gasteiger partial charge on any atom is 0.256 e. The predicted octanol–water partition coefficient (Wildman–Crippen LogP) is 11.9. The van der Waals surface area contributed by atoms with Crippen LogP contribution in [0.4, 0.5) is 0 Å². The van der Waals surface area contributed by atoms with Crippen molar-refractivity contribution in [3.63, 3.8) is 0 Å². The summed E-state index contributed by atoms with van der Waals surface area (Å²) in [6.07, 6.45) is 44.4. The first-order valence-corrected chi connectivity index (χ1v) is 17.9. The Balaban J connectivity index is 2.30. The molecule has 0 bridgehead atoms. The zero-order valence-corrected chi connectivity index (χ0v) is 26.8. The van der Waals surface area contributed by atoms with Gasteiger partial charge in [0, 0.05) is 6.42 Å². The van der Waals surface area contributed by atoms with E-state index in [-0.39, 0.29) is 0 Å². The number of rotatable bonds is 30. The van der Waals surface area contributed by atoms with Gasteiger partial charge in [0.15, 0.2) is 0 Å². The van der Waals surface area contributed by atoms with E-state index in [4.69, 9.17) is 0 Å². The number of aromatic nitrogens is 2. The monoisotopic (exact) mass is 532 g/mol. The van der Waals surface area contributed by atoms with Gasteiger partial charge in [-0.15, -0.1) is 0 Å². The molecule has 0 aliphatic carbocycles. The van der Waals surface area contributed by atoms with E-state index in [9.17, 15) is 0 Å². The van der Waals surface area contributed by atoms with Crippen molar-refractivity contribution in [2.75, 3.05) is 0 Å². The van der Waals surface area contributed by atoms with Gasteiger partial charge < -0.3 is 0 Å². The summed E-state index contributed by atoms with van der Waals surface area (Å²) in [6, 6.07) is 0. The van der Waals surface area contributed by atoms with E-state index in [2.05, 4.69) is 42.3 Å². The molecule has 0 aromatic carbocycles. The molecule has 0 aliphatic heterocycles. The number of hydrogen-bond donors (Lipinski definition) is 0. The quantitative estimate of drug-likeness (QED) is 0.0689. The van der Waals surface area contributed by atoms with Gasteiger partial charge in [-0.2, -0.15) is 0 Å². The third-order valence-electron chi connectivity index (χ3n) is 8.60. The van der Waals surface area contributed by atoms with E-state index in [0.29, 0.717) is 0 Å². The molecule has 0 atom stereocenters. The van der Waals surface area contributed by atoms with E-state index >= 15 is 0 Å². The van der Waals surface area contributed by atoms with Crippen LogP contribution in [0, 0.1) is 0 Å². The molecule has 0 unspecified atom stereocenters. The topological polar surface area (TPSA) is 8.81 Å². The second-order valence-corrected chi connectivity index (χ2v) is 12.3. The SMILES string of the molecule is CCCCCCCCCCCCCCc1n(CCCCCCCC)cc[n+]1CCCCCCCCCCC. The fourth-order valence-corrected chi connectivity index (χ4v) is 5.97. The summed E-state index contributed by atoms with van der Waals surface area (Å²) >= 11 is 0. The summed E-state index contributed by atoms with van der Waals surface area (Å²) in [4.78, 5) is 0. The fourth-order valence-electron chi connectivity index (χ4n) is 5.97. The summed E-state index contributed by atoms with van der Waals surface area (Å²) < 4.78 is 5.24. The standard InChI is InChI=1S/C36H71N2/c1-4-7-10-13-16-18-19-20-21-23-25-28-31-36-37(32-29-26-15-12-9-6-3)34-35-38(36)33-30-27-24-22-17-14-11-8-5-2/h34-35H,4-33H2,1-3H3/q+1. The van der Waals surface area contributed by atoms with Crippen molar-refractivity contribution in [2.45, 2.75) is 214 Å². The van der Waals surface area contributed by atoms with E-state index < -0.39 is 0 Å². The van der Waals surface area contributed by atoms with Crippen LogP contribution in [0.5, 0.6) is 0 Å². The van der Waals surface area contributed by atoms with Crippen molar-refractivity contribution in [3.8, 4) is 0 Å². The van der Waals surface area contributed by atoms with Gasteiger partial charge in [-0.3, -0.25) is 0 Å². The van der Waals surface area contributed by atoms with Crippen molar-refractivity contribution in [3.05, 3.63) is 18.2 Å². The molecule has 1 aromatic rings. The lowest BCUT2D eigenvalue weighted by Gasteiger charge is -2.07. The highest BCUT2D eigenvalue weighted by molar-refractivity contribution is 4.84. The lowest BCUT2D eigenvalue weighted by molar-refractivity contribution is -0.704. The summed E-state index contributed by atoms with van der Waals surface area (Å²) in [5.41, 5.74) is 0. The molecule has 0 saturated carbocycles. The molecule has 2 heteroatoms. The van der Waals surface area contributed by atoms with Crippen LogP contribution in [0.2, 0.25) is 0 Å². The maximum atomic E-state index is 2.62. The molecular weight excluding hydrogens is 460 g/mol. The van der Waals surface area contributed by atoms with E-state index in [1.165, 1.54) is 193 Å². The van der Waals surface area contributed by atoms with Crippen molar-refractivity contribution < 1.29 is 4.57 Å². The number of aryl methyl sites for hydroxylation is 2. The summed E-state index contributed by atoms with van der Waals surface area (Å²) in [6.45, 7) is 9.39. The van der Waals surface area contributed by atoms with Crippen LogP contribution in [-0.2, 0) is 19.5 Å². The Morgan fingerprint density at radius 3 is 1.26 bits per heavy atom. The van der Waals surface area contributed by atoms with Gasteiger partial charge in [-0.1, -0.05) is 162 Å². The summed E-state index contributed by atoms with van der Waals surface area (Å²) in [5.74, 6) is 1.62. The normalized spacial score (nSPS) is 11.6. The number of nitrogens with zero attached hydrogens (tertiary/aromatic N) is 2. The zero-order valence-electron chi connectivity index (χ0n) is 26.8. The molecule has 2 nitrogen and oxygen atoms in total. The van der Waals surface area contributed by atoms with Gasteiger partial charge in [0.1, 0.15) is 12.4 Å². The molecule has 0 amide bonds. The third kappa shape index (κ3) is 20.2. The molecule has 0 aliphatic rings. The number of imidazole rings is 1. The van der Waals surface area contributed by atoms with Crippen LogP contribution in [-0.4, -0.2) is 4.57 Å². The number of hydrogen-bond acceptors (Lipinski definition) is 0. The molecule has 0 spiro atoms. The van der Waals surface area contributed by atoms with E-state index in [1.54, 1.807) is 5.82 Å². The zero-order chi connectivity index (χ0) is 27.4. The van der Waals surface area contributed by atoms with Crippen LogP contribution < -0.4 is 4.57 Å². The van der Waals surface area contributed by atoms with Gasteiger partial charge in [-0.05, 0) is 32.1 Å². The van der Waals surface area contributed by atoms with Crippen molar-refractivity contribution >= 4 is 0 Å². The van der Waals surface area contributed by atoms with Gasteiger partial charge in [0.25, 0.3) is 5.82 Å². The van der Waals surface area contributed by atoms with E-state index in [1.807, 2.05) is 0 Å². The van der Waals surface area contributed by atoms with Crippen molar-refractivity contribution in [1.82, 2.24) is 4.57 Å². The molecule has 224 valence electrons. The fraction of sp³-hybridized carbons (Fsp3) is 0.917. The van der Waals surface area contributed by atoms with Gasteiger partial charge >= 0.3 is 0 Å². The Morgan fingerprint density at radius 2 is 0.816 bits per heavy atom. The van der Waals surface area contributed by atoms with Gasteiger partial charge in [0.05, 0.1) is 13.1 Å². The Labute approximate surface area is 240 Å². The molecule has 1 aromatic heterocycles. The highest BCUT2D eigenvalue weighted by Crippen LogP contribution is 2.14. The summed E-state index contributed by atoms with van der Waals surface area (Å²) in [7, 11) is 0. The van der Waals surface area contributed by atoms with Crippen LogP contribution in [0.1, 0.15) is 200 Å². The van der Waals surface area contributed by atoms with Gasteiger partial charge in [-0.25, -0.2) is 9.13 Å². The summed E-state index contributed by atoms with van der Waals surface area (Å²) in [5, 5.41) is 0. The van der Waals surface area contributed by atoms with Crippen LogP contribution in [0.15, 0.2) is 12.4 Å². The van der Waals surface area contributed by atoms with Crippen molar-refractivity contribution in [2.24, 2.45) is 0 Å². The highest BCUT2D eigenvalue weighted by atomic mass is 15.1. The van der Waals surface area contributed by atoms with Crippen LogP contribution >= 0.6 is 0 Å². The first kappa shape index (κ1) is 35.2. The lowest BCUT2D eigenvalue weighted by Crippen LogP contribution is -2.37. The lowest BCUT2D eigenvalue weighted by atomic mass is 10.0. The average Bonchev–Trinajstić information content (AvgIpc) is 3.31. The number of unbranched alkanes of at least 4 members (excludes halogenated alkanes) is 24. The van der Waals surface area contributed by atoms with E-state index in [0.717, 1.165) is 0 Å². The second-order valence-electron chi connectivity index (χ2n) is 12.3. The third-order valence-corrected chi connectivity index (χ3v) is 8.60. The molecule has 0 N–H and O–H groups in total. The highest BCUT2D eigenvalue weighted by Gasteiger charge is 2.16. The molecule has 1 rings (SSSR count). The minimum atomic E-state index is 1.23. The molecule has 1 heterocycles. The second kappa shape index (κ2) is 27.8. The largest absolute Gasteiger partial charge is 0.256 e. The minimum Gasteiger partial charge on any atom is -0.234 e. The minimum absolute atomic E-state index is 1.23. The first-order valence-electron chi connectivity index (χ1n) is 17.9. The Morgan fingerprint density at radius 1 is 0.447 bits per heavy atom. The predicted molar refractivity (Wildman–Crippen MR) is 170 cm³/mol. The van der Waals surface area contributed by atoms with Crippen LogP contribution in [0.25, 0.3) is 0 Å². The van der Waals surface area contributed by atoms with Crippen LogP contribution in [0.3, 0.4) is 0 Å². The molecule has 0 saturated heterocycles. The molecule has 0 radical (unpaired) electrons. The van der Waals surface area contributed by atoms with Crippen molar-refractivity contribution in [1.29, 1.82) is 0 Å². The Bertz CT molecular complexity index is 590. The molecule has 0 fully saturated rings.